The van der Waals surface area contributed by atoms with Gasteiger partial charge >= 0.3 is 5.97 Å². The van der Waals surface area contributed by atoms with Gasteiger partial charge in [0.25, 0.3) is 0 Å². The van der Waals surface area contributed by atoms with E-state index in [-0.39, 0.29) is 5.97 Å². The van der Waals surface area contributed by atoms with Gasteiger partial charge in [0, 0.05) is 0 Å². The molecule has 3 heteroatoms. The highest BCUT2D eigenvalue weighted by Crippen LogP contribution is 2.48. The largest absolute Gasteiger partial charge is 0.465 e. The van der Waals surface area contributed by atoms with Crippen molar-refractivity contribution in [3.05, 3.63) is 0 Å². The first-order valence-electron chi connectivity index (χ1n) is 5.27. The molecule has 1 fully saturated rings. The Bertz CT molecular complexity index is 249. The molecule has 0 heterocycles. The van der Waals surface area contributed by atoms with E-state index in [0.29, 0.717) is 25.4 Å². The third-order valence-electron chi connectivity index (χ3n) is 2.85. The average molecular weight is 195 g/mol. The van der Waals surface area contributed by atoms with Crippen molar-refractivity contribution < 1.29 is 9.53 Å². The van der Waals surface area contributed by atoms with Gasteiger partial charge in [-0.3, -0.25) is 4.79 Å². The maximum Gasteiger partial charge on any atom is 0.326 e. The van der Waals surface area contributed by atoms with Gasteiger partial charge in [0.1, 0.15) is 0 Å². The summed E-state index contributed by atoms with van der Waals surface area (Å²) in [6, 6.07) is 2.11. The molecule has 0 unspecified atom stereocenters. The van der Waals surface area contributed by atoms with E-state index < -0.39 is 5.41 Å². The molecule has 3 nitrogen and oxygen atoms in total. The Kier molecular flexibility index (Phi) is 3.51. The normalized spacial score (nSPS) is 30.2. The highest BCUT2D eigenvalue weighted by molar-refractivity contribution is 5.81. The summed E-state index contributed by atoms with van der Waals surface area (Å²) in [7, 11) is 0. The standard InChI is InChI=1S/C11H17NO2/c1-3-5-9-6-11(7-9,8-12)10(13)14-4-2/h9H,3-7H2,1-2H3. The maximum atomic E-state index is 11.5. The smallest absolute Gasteiger partial charge is 0.326 e. The monoisotopic (exact) mass is 195 g/mol. The minimum Gasteiger partial charge on any atom is -0.465 e. The highest BCUT2D eigenvalue weighted by atomic mass is 16.5. The zero-order valence-electron chi connectivity index (χ0n) is 8.88. The van der Waals surface area contributed by atoms with E-state index in [4.69, 9.17) is 10.00 Å². The van der Waals surface area contributed by atoms with E-state index in [1.54, 1.807) is 6.92 Å². The van der Waals surface area contributed by atoms with E-state index in [1.165, 1.54) is 0 Å². The van der Waals surface area contributed by atoms with Crippen molar-refractivity contribution in [2.24, 2.45) is 11.3 Å². The molecule has 0 aromatic heterocycles. The number of esters is 1. The van der Waals surface area contributed by atoms with Gasteiger partial charge < -0.3 is 4.74 Å². The molecule has 0 aromatic carbocycles. The molecule has 0 saturated heterocycles. The van der Waals surface area contributed by atoms with Crippen molar-refractivity contribution in [2.45, 2.75) is 39.5 Å². The average Bonchev–Trinajstić information content (AvgIpc) is 2.11. The van der Waals surface area contributed by atoms with Crippen LogP contribution in [0.2, 0.25) is 0 Å². The number of nitriles is 1. The number of rotatable bonds is 4. The lowest BCUT2D eigenvalue weighted by molar-refractivity contribution is -0.159. The lowest BCUT2D eigenvalue weighted by Gasteiger charge is -2.40. The molecule has 0 spiro atoms. The molecule has 1 saturated carbocycles. The molecule has 0 amide bonds. The summed E-state index contributed by atoms with van der Waals surface area (Å²) in [5.41, 5.74) is -0.810. The van der Waals surface area contributed by atoms with E-state index >= 15 is 0 Å². The number of hydrogen-bond acceptors (Lipinski definition) is 3. The number of ether oxygens (including phenoxy) is 1. The van der Waals surface area contributed by atoms with Crippen LogP contribution in [-0.4, -0.2) is 12.6 Å². The van der Waals surface area contributed by atoms with Gasteiger partial charge in [-0.2, -0.15) is 5.26 Å². The zero-order valence-corrected chi connectivity index (χ0v) is 8.88. The molecule has 1 rings (SSSR count). The summed E-state index contributed by atoms with van der Waals surface area (Å²) in [5, 5.41) is 8.97. The number of carbonyl (C=O) groups excluding carboxylic acids is 1. The fourth-order valence-electron chi connectivity index (χ4n) is 2.11. The predicted octanol–water partition coefficient (Wildman–Crippen LogP) is 2.27. The van der Waals surface area contributed by atoms with Crippen LogP contribution in [0.15, 0.2) is 0 Å². The van der Waals surface area contributed by atoms with Gasteiger partial charge in [-0.25, -0.2) is 0 Å². The number of hydrogen-bond donors (Lipinski definition) is 0. The van der Waals surface area contributed by atoms with Crippen LogP contribution in [0, 0.1) is 22.7 Å². The van der Waals surface area contributed by atoms with Gasteiger partial charge in [0.15, 0.2) is 5.41 Å². The number of nitrogens with zero attached hydrogens (tertiary/aromatic N) is 1. The Morgan fingerprint density at radius 2 is 2.21 bits per heavy atom. The molecule has 0 bridgehead atoms. The summed E-state index contributed by atoms with van der Waals surface area (Å²) < 4.78 is 4.91. The van der Waals surface area contributed by atoms with Gasteiger partial charge in [0.05, 0.1) is 12.7 Å². The first-order valence-corrected chi connectivity index (χ1v) is 5.27. The molecule has 1 aliphatic carbocycles. The molecule has 78 valence electrons. The molecule has 1 aliphatic rings. The first kappa shape index (κ1) is 11.0. The second-order valence-corrected chi connectivity index (χ2v) is 3.98. The topological polar surface area (TPSA) is 50.1 Å². The Hall–Kier alpha value is -1.04. The van der Waals surface area contributed by atoms with Crippen LogP contribution in [-0.2, 0) is 9.53 Å². The summed E-state index contributed by atoms with van der Waals surface area (Å²) in [4.78, 5) is 11.5. The Morgan fingerprint density at radius 3 is 2.64 bits per heavy atom. The molecular weight excluding hydrogens is 178 g/mol. The minimum atomic E-state index is -0.810. The van der Waals surface area contributed by atoms with Crippen LogP contribution < -0.4 is 0 Å². The van der Waals surface area contributed by atoms with Crippen LogP contribution in [0.25, 0.3) is 0 Å². The maximum absolute atomic E-state index is 11.5. The second kappa shape index (κ2) is 4.45. The Labute approximate surface area is 85.1 Å². The van der Waals surface area contributed by atoms with Crippen LogP contribution >= 0.6 is 0 Å². The van der Waals surface area contributed by atoms with Crippen LogP contribution in [0.1, 0.15) is 39.5 Å². The predicted molar refractivity (Wildman–Crippen MR) is 52.3 cm³/mol. The van der Waals surface area contributed by atoms with E-state index in [1.807, 2.05) is 0 Å². The molecular formula is C11H17NO2. The van der Waals surface area contributed by atoms with Crippen molar-refractivity contribution in [1.29, 1.82) is 5.26 Å². The lowest BCUT2D eigenvalue weighted by atomic mass is 9.61. The molecule has 14 heavy (non-hydrogen) atoms. The Morgan fingerprint density at radius 1 is 1.57 bits per heavy atom. The van der Waals surface area contributed by atoms with Crippen LogP contribution in [0.4, 0.5) is 0 Å². The summed E-state index contributed by atoms with van der Waals surface area (Å²) in [6.45, 7) is 4.25. The Balaban J connectivity index is 2.49. The molecule has 0 atom stereocenters. The van der Waals surface area contributed by atoms with E-state index in [0.717, 1.165) is 12.8 Å². The third kappa shape index (κ3) is 1.89. The molecule has 0 N–H and O–H groups in total. The summed E-state index contributed by atoms with van der Waals surface area (Å²) >= 11 is 0. The lowest BCUT2D eigenvalue weighted by Crippen LogP contribution is -2.43. The van der Waals surface area contributed by atoms with Crippen molar-refractivity contribution in [3.8, 4) is 6.07 Å². The molecule has 0 aliphatic heterocycles. The highest BCUT2D eigenvalue weighted by Gasteiger charge is 2.51. The minimum absolute atomic E-state index is 0.324. The van der Waals surface area contributed by atoms with Gasteiger partial charge in [-0.15, -0.1) is 0 Å². The van der Waals surface area contributed by atoms with Gasteiger partial charge in [-0.05, 0) is 25.7 Å². The van der Waals surface area contributed by atoms with E-state index in [9.17, 15) is 4.79 Å². The van der Waals surface area contributed by atoms with Crippen LogP contribution in [0.3, 0.4) is 0 Å². The van der Waals surface area contributed by atoms with Crippen molar-refractivity contribution in [3.63, 3.8) is 0 Å². The van der Waals surface area contributed by atoms with Gasteiger partial charge in [0.2, 0.25) is 0 Å². The van der Waals surface area contributed by atoms with Crippen LogP contribution in [0.5, 0.6) is 0 Å². The molecule has 0 aromatic rings. The zero-order chi connectivity index (χ0) is 10.6. The SMILES string of the molecule is CCCC1CC(C#N)(C(=O)OCC)C1. The van der Waals surface area contributed by atoms with Crippen molar-refractivity contribution >= 4 is 5.97 Å². The third-order valence-corrected chi connectivity index (χ3v) is 2.85. The first-order chi connectivity index (χ1) is 6.68. The van der Waals surface area contributed by atoms with Crippen molar-refractivity contribution in [2.75, 3.05) is 6.61 Å². The van der Waals surface area contributed by atoms with Crippen molar-refractivity contribution in [1.82, 2.24) is 0 Å². The second-order valence-electron chi connectivity index (χ2n) is 3.98. The quantitative estimate of drug-likeness (QED) is 0.646. The van der Waals surface area contributed by atoms with Gasteiger partial charge in [-0.1, -0.05) is 19.8 Å². The fraction of sp³-hybridized carbons (Fsp3) is 0.818. The van der Waals surface area contributed by atoms with E-state index in [2.05, 4.69) is 13.0 Å². The molecule has 0 radical (unpaired) electrons. The fourth-order valence-corrected chi connectivity index (χ4v) is 2.11. The number of carbonyl (C=O) groups is 1. The summed E-state index contributed by atoms with van der Waals surface area (Å²) in [5.74, 6) is 0.221. The summed E-state index contributed by atoms with van der Waals surface area (Å²) in [6.07, 6.45) is 3.62.